The second-order valence-corrected chi connectivity index (χ2v) is 3.02. The lowest BCUT2D eigenvalue weighted by atomic mass is 10.1. The van der Waals surface area contributed by atoms with Crippen LogP contribution in [0.4, 0.5) is 0 Å². The Kier molecular flexibility index (Phi) is 2.95. The molecule has 0 amide bonds. The molecular weight excluding hydrogens is 176 g/mol. The summed E-state index contributed by atoms with van der Waals surface area (Å²) in [5.74, 6) is 0.157. The van der Waals surface area contributed by atoms with Gasteiger partial charge in [-0.3, -0.25) is 0 Å². The molecular formula is C9H11ClO2. The summed E-state index contributed by atoms with van der Waals surface area (Å²) in [5, 5.41) is 18.9. The maximum atomic E-state index is 9.49. The van der Waals surface area contributed by atoms with Crippen molar-refractivity contribution in [1.29, 1.82) is 0 Å². The molecule has 1 aromatic rings. The minimum absolute atomic E-state index is 0.157. The number of phenols is 1. The predicted molar refractivity (Wildman–Crippen MR) is 48.4 cm³/mol. The number of aryl methyl sites for hydroxylation is 1. The van der Waals surface area contributed by atoms with E-state index in [0.29, 0.717) is 17.0 Å². The van der Waals surface area contributed by atoms with Gasteiger partial charge in [0.2, 0.25) is 0 Å². The third-order valence-corrected chi connectivity index (χ3v) is 2.00. The first-order valence-corrected chi connectivity index (χ1v) is 4.18. The minimum atomic E-state index is -0.181. The Bertz CT molecular complexity index is 259. The summed E-state index contributed by atoms with van der Waals surface area (Å²) >= 11 is 5.76. The predicted octanol–water partition coefficient (Wildman–Crippen LogP) is 2.10. The van der Waals surface area contributed by atoms with Gasteiger partial charge in [-0.05, 0) is 24.1 Å². The Morgan fingerprint density at radius 1 is 1.33 bits per heavy atom. The molecule has 2 N–H and O–H groups in total. The van der Waals surface area contributed by atoms with Gasteiger partial charge in [-0.25, -0.2) is 0 Å². The first kappa shape index (κ1) is 9.36. The summed E-state index contributed by atoms with van der Waals surface area (Å²) in [6.07, 6.45) is 0.708. The molecule has 0 bridgehead atoms. The van der Waals surface area contributed by atoms with Gasteiger partial charge < -0.3 is 10.2 Å². The van der Waals surface area contributed by atoms with E-state index in [9.17, 15) is 5.11 Å². The number of rotatable bonds is 2. The van der Waals surface area contributed by atoms with E-state index in [0.717, 1.165) is 5.56 Å². The number of hydrogen-bond donors (Lipinski definition) is 2. The van der Waals surface area contributed by atoms with Crippen LogP contribution in [0.3, 0.4) is 0 Å². The normalized spacial score (nSPS) is 10.2. The maximum absolute atomic E-state index is 9.49. The maximum Gasteiger partial charge on any atom is 0.124 e. The van der Waals surface area contributed by atoms with Crippen LogP contribution in [0.5, 0.6) is 5.75 Å². The Hall–Kier alpha value is -0.730. The van der Waals surface area contributed by atoms with Gasteiger partial charge in [0, 0.05) is 10.6 Å². The molecule has 1 rings (SSSR count). The zero-order valence-electron chi connectivity index (χ0n) is 6.84. The molecule has 0 aromatic heterocycles. The summed E-state index contributed by atoms with van der Waals surface area (Å²) in [6, 6.07) is 3.27. The SMILES string of the molecule is CCc1cc(Cl)cc(CO)c1O. The van der Waals surface area contributed by atoms with Gasteiger partial charge in [0.25, 0.3) is 0 Å². The van der Waals surface area contributed by atoms with Gasteiger partial charge in [-0.2, -0.15) is 0 Å². The topological polar surface area (TPSA) is 40.5 Å². The number of halogens is 1. The van der Waals surface area contributed by atoms with Crippen LogP contribution in [0.1, 0.15) is 18.1 Å². The van der Waals surface area contributed by atoms with Crippen LogP contribution in [0.25, 0.3) is 0 Å². The van der Waals surface area contributed by atoms with E-state index in [-0.39, 0.29) is 12.4 Å². The van der Waals surface area contributed by atoms with E-state index in [1.807, 2.05) is 6.92 Å². The molecule has 0 aliphatic carbocycles. The lowest BCUT2D eigenvalue weighted by Crippen LogP contribution is -1.89. The molecule has 0 spiro atoms. The minimum Gasteiger partial charge on any atom is -0.507 e. The van der Waals surface area contributed by atoms with Crippen molar-refractivity contribution >= 4 is 11.6 Å². The first-order chi connectivity index (χ1) is 5.69. The Morgan fingerprint density at radius 3 is 2.42 bits per heavy atom. The van der Waals surface area contributed by atoms with Crippen molar-refractivity contribution in [2.75, 3.05) is 0 Å². The molecule has 0 saturated carbocycles. The fourth-order valence-electron chi connectivity index (χ4n) is 1.11. The molecule has 0 atom stereocenters. The van der Waals surface area contributed by atoms with Crippen molar-refractivity contribution in [3.05, 3.63) is 28.3 Å². The number of benzene rings is 1. The molecule has 66 valence electrons. The summed E-state index contributed by atoms with van der Waals surface area (Å²) in [5.41, 5.74) is 1.26. The van der Waals surface area contributed by atoms with Crippen molar-refractivity contribution in [1.82, 2.24) is 0 Å². The molecule has 2 nitrogen and oxygen atoms in total. The van der Waals surface area contributed by atoms with Gasteiger partial charge in [0.1, 0.15) is 5.75 Å². The third kappa shape index (κ3) is 1.71. The molecule has 1 aromatic carbocycles. The molecule has 0 heterocycles. The number of hydrogen-bond acceptors (Lipinski definition) is 2. The van der Waals surface area contributed by atoms with Crippen LogP contribution < -0.4 is 0 Å². The van der Waals surface area contributed by atoms with Crippen molar-refractivity contribution in [2.45, 2.75) is 20.0 Å². The van der Waals surface area contributed by atoms with Crippen LogP contribution in [0.15, 0.2) is 12.1 Å². The summed E-state index contributed by atoms with van der Waals surface area (Å²) < 4.78 is 0. The van der Waals surface area contributed by atoms with Crippen molar-refractivity contribution < 1.29 is 10.2 Å². The highest BCUT2D eigenvalue weighted by Crippen LogP contribution is 2.27. The van der Waals surface area contributed by atoms with E-state index in [4.69, 9.17) is 16.7 Å². The lowest BCUT2D eigenvalue weighted by Gasteiger charge is -2.06. The summed E-state index contributed by atoms with van der Waals surface area (Å²) in [7, 11) is 0. The average molecular weight is 187 g/mol. The lowest BCUT2D eigenvalue weighted by molar-refractivity contribution is 0.275. The van der Waals surface area contributed by atoms with Crippen LogP contribution in [-0.4, -0.2) is 10.2 Å². The number of aromatic hydroxyl groups is 1. The van der Waals surface area contributed by atoms with E-state index >= 15 is 0 Å². The molecule has 0 aliphatic heterocycles. The highest BCUT2D eigenvalue weighted by Gasteiger charge is 2.06. The second kappa shape index (κ2) is 3.78. The average Bonchev–Trinajstić information content (AvgIpc) is 2.08. The Morgan fingerprint density at radius 2 is 1.92 bits per heavy atom. The van der Waals surface area contributed by atoms with E-state index in [2.05, 4.69) is 0 Å². The smallest absolute Gasteiger partial charge is 0.124 e. The largest absolute Gasteiger partial charge is 0.507 e. The van der Waals surface area contributed by atoms with Gasteiger partial charge in [0.15, 0.2) is 0 Å². The van der Waals surface area contributed by atoms with Gasteiger partial charge in [-0.15, -0.1) is 0 Å². The van der Waals surface area contributed by atoms with Crippen LogP contribution in [0.2, 0.25) is 5.02 Å². The van der Waals surface area contributed by atoms with Crippen LogP contribution in [-0.2, 0) is 13.0 Å². The standard InChI is InChI=1S/C9H11ClO2/c1-2-6-3-8(10)4-7(5-11)9(6)12/h3-4,11-12H,2,5H2,1H3. The number of aliphatic hydroxyl groups is 1. The van der Waals surface area contributed by atoms with Crippen molar-refractivity contribution in [3.63, 3.8) is 0 Å². The van der Waals surface area contributed by atoms with E-state index < -0.39 is 0 Å². The van der Waals surface area contributed by atoms with Gasteiger partial charge in [-0.1, -0.05) is 18.5 Å². The highest BCUT2D eigenvalue weighted by atomic mass is 35.5. The molecule has 3 heteroatoms. The van der Waals surface area contributed by atoms with Crippen LogP contribution >= 0.6 is 11.6 Å². The van der Waals surface area contributed by atoms with Crippen molar-refractivity contribution in [2.24, 2.45) is 0 Å². The quantitative estimate of drug-likeness (QED) is 0.743. The molecule has 0 unspecified atom stereocenters. The van der Waals surface area contributed by atoms with E-state index in [1.165, 1.54) is 0 Å². The molecule has 0 radical (unpaired) electrons. The monoisotopic (exact) mass is 186 g/mol. The van der Waals surface area contributed by atoms with E-state index in [1.54, 1.807) is 12.1 Å². The first-order valence-electron chi connectivity index (χ1n) is 3.80. The fourth-order valence-corrected chi connectivity index (χ4v) is 1.37. The summed E-state index contributed by atoms with van der Waals surface area (Å²) in [6.45, 7) is 1.74. The highest BCUT2D eigenvalue weighted by molar-refractivity contribution is 6.30. The van der Waals surface area contributed by atoms with Gasteiger partial charge >= 0.3 is 0 Å². The molecule has 0 fully saturated rings. The fraction of sp³-hybridized carbons (Fsp3) is 0.333. The Labute approximate surface area is 76.4 Å². The summed E-state index contributed by atoms with van der Waals surface area (Å²) in [4.78, 5) is 0. The third-order valence-electron chi connectivity index (χ3n) is 1.78. The molecule has 0 saturated heterocycles. The zero-order valence-corrected chi connectivity index (χ0v) is 7.60. The molecule has 12 heavy (non-hydrogen) atoms. The van der Waals surface area contributed by atoms with Crippen LogP contribution in [0, 0.1) is 0 Å². The van der Waals surface area contributed by atoms with Gasteiger partial charge in [0.05, 0.1) is 6.61 Å². The Balaban J connectivity index is 3.22. The zero-order chi connectivity index (χ0) is 9.14. The van der Waals surface area contributed by atoms with Crippen molar-refractivity contribution in [3.8, 4) is 5.75 Å². The number of aliphatic hydroxyl groups excluding tert-OH is 1. The molecule has 0 aliphatic rings. The second-order valence-electron chi connectivity index (χ2n) is 2.58.